The van der Waals surface area contributed by atoms with E-state index in [0.29, 0.717) is 20.5 Å². The largest absolute Gasteiger partial charge is 0.330 e. The molecule has 7 heteroatoms. The Morgan fingerprint density at radius 2 is 1.80 bits per heavy atom. The van der Waals surface area contributed by atoms with E-state index >= 15 is 0 Å². The summed E-state index contributed by atoms with van der Waals surface area (Å²) in [6.45, 7) is 0. The minimum Gasteiger partial charge on any atom is -0.330 e. The first-order valence-electron chi connectivity index (χ1n) is 5.52. The Labute approximate surface area is 131 Å². The Balaban J connectivity index is 2.41. The molecule has 1 N–H and O–H groups in total. The maximum absolute atomic E-state index is 14.1. The van der Waals surface area contributed by atoms with Crippen LogP contribution in [-0.2, 0) is 0 Å². The molecule has 0 atom stereocenters. The molecule has 0 saturated heterocycles. The minimum atomic E-state index is -0.705. The summed E-state index contributed by atoms with van der Waals surface area (Å²) in [4.78, 5) is 2.88. The van der Waals surface area contributed by atoms with Crippen LogP contribution in [0.4, 0.5) is 8.78 Å². The van der Waals surface area contributed by atoms with Crippen LogP contribution in [0.1, 0.15) is 0 Å². The van der Waals surface area contributed by atoms with Crippen LogP contribution in [0.3, 0.4) is 0 Å². The van der Waals surface area contributed by atoms with E-state index in [2.05, 4.69) is 20.9 Å². The Kier molecular flexibility index (Phi) is 3.40. The van der Waals surface area contributed by atoms with Crippen molar-refractivity contribution in [1.82, 2.24) is 9.55 Å². The lowest BCUT2D eigenvalue weighted by Crippen LogP contribution is -2.01. The molecule has 0 saturated carbocycles. The van der Waals surface area contributed by atoms with E-state index in [-0.39, 0.29) is 10.5 Å². The molecule has 0 spiro atoms. The molecule has 0 aliphatic carbocycles. The fourth-order valence-corrected chi connectivity index (χ4v) is 2.93. The number of nitrogens with zero attached hydrogens (tertiary/aromatic N) is 1. The minimum absolute atomic E-state index is 0.197. The van der Waals surface area contributed by atoms with Crippen LogP contribution >= 0.6 is 39.7 Å². The topological polar surface area (TPSA) is 20.7 Å². The van der Waals surface area contributed by atoms with Gasteiger partial charge in [-0.1, -0.05) is 27.5 Å². The summed E-state index contributed by atoms with van der Waals surface area (Å²) in [5, 5.41) is 0.512. The number of aromatic amines is 1. The van der Waals surface area contributed by atoms with Crippen LogP contribution in [0.25, 0.3) is 16.7 Å². The lowest BCUT2D eigenvalue weighted by molar-refractivity contribution is 0.569. The molecule has 0 amide bonds. The van der Waals surface area contributed by atoms with Gasteiger partial charge in [0.05, 0.1) is 11.0 Å². The van der Waals surface area contributed by atoms with Crippen molar-refractivity contribution in [3.05, 3.63) is 56.2 Å². The van der Waals surface area contributed by atoms with Crippen molar-refractivity contribution in [2.75, 3.05) is 0 Å². The molecule has 0 aliphatic rings. The van der Waals surface area contributed by atoms with Crippen LogP contribution in [0.15, 0.2) is 34.8 Å². The second-order valence-corrected chi connectivity index (χ2v) is 5.88. The summed E-state index contributed by atoms with van der Waals surface area (Å²) in [5.41, 5.74) is 0.954. The summed E-state index contributed by atoms with van der Waals surface area (Å²) in [6.07, 6.45) is 0. The number of hydrogen-bond acceptors (Lipinski definition) is 1. The van der Waals surface area contributed by atoms with Crippen LogP contribution in [0.5, 0.6) is 0 Å². The Bertz CT molecular complexity index is 865. The highest BCUT2D eigenvalue weighted by Gasteiger charge is 2.16. The number of fused-ring (bicyclic) bond motifs is 1. The number of benzene rings is 2. The summed E-state index contributed by atoms with van der Waals surface area (Å²) >= 11 is 14.1. The van der Waals surface area contributed by atoms with Gasteiger partial charge in [0.2, 0.25) is 0 Å². The van der Waals surface area contributed by atoms with Gasteiger partial charge < -0.3 is 4.98 Å². The van der Waals surface area contributed by atoms with Crippen molar-refractivity contribution in [3.8, 4) is 5.69 Å². The van der Waals surface area contributed by atoms with Crippen molar-refractivity contribution in [2.45, 2.75) is 0 Å². The Morgan fingerprint density at radius 3 is 2.45 bits per heavy atom. The zero-order chi connectivity index (χ0) is 14.4. The zero-order valence-corrected chi connectivity index (χ0v) is 12.9. The van der Waals surface area contributed by atoms with E-state index in [9.17, 15) is 8.78 Å². The lowest BCUT2D eigenvalue weighted by Gasteiger charge is -2.08. The number of H-pyrrole nitrogens is 1. The van der Waals surface area contributed by atoms with Gasteiger partial charge in [-0.05, 0) is 42.5 Å². The molecule has 20 heavy (non-hydrogen) atoms. The van der Waals surface area contributed by atoms with Gasteiger partial charge in [0.1, 0.15) is 5.69 Å². The molecule has 2 nitrogen and oxygen atoms in total. The average Bonchev–Trinajstić information content (AvgIpc) is 2.64. The average molecular weight is 376 g/mol. The fourth-order valence-electron chi connectivity index (χ4n) is 2.05. The van der Waals surface area contributed by atoms with E-state index in [1.54, 1.807) is 18.2 Å². The summed E-state index contributed by atoms with van der Waals surface area (Å²) in [5.74, 6) is -1.41. The first-order valence-corrected chi connectivity index (χ1v) is 7.10. The number of imidazole rings is 1. The van der Waals surface area contributed by atoms with Crippen LogP contribution in [0, 0.1) is 16.4 Å². The molecule has 102 valence electrons. The molecular weight excluding hydrogens is 370 g/mol. The molecule has 2 aromatic carbocycles. The second kappa shape index (κ2) is 4.95. The van der Waals surface area contributed by atoms with Crippen molar-refractivity contribution in [1.29, 1.82) is 0 Å². The third-order valence-corrected chi connectivity index (χ3v) is 3.83. The maximum Gasteiger partial charge on any atom is 0.182 e. The monoisotopic (exact) mass is 374 g/mol. The van der Waals surface area contributed by atoms with Gasteiger partial charge in [-0.2, -0.15) is 0 Å². The van der Waals surface area contributed by atoms with Crippen LogP contribution in [0.2, 0.25) is 5.02 Å². The van der Waals surface area contributed by atoms with Crippen molar-refractivity contribution in [3.63, 3.8) is 0 Å². The third-order valence-electron chi connectivity index (χ3n) is 2.85. The normalized spacial score (nSPS) is 11.2. The van der Waals surface area contributed by atoms with E-state index in [4.69, 9.17) is 23.8 Å². The van der Waals surface area contributed by atoms with E-state index in [0.717, 1.165) is 0 Å². The first kappa shape index (κ1) is 13.7. The van der Waals surface area contributed by atoms with Gasteiger partial charge in [-0.25, -0.2) is 8.78 Å². The molecular formula is C13H6BrClF2N2S. The SMILES string of the molecule is Fc1cc(Br)cc(F)c1-n1c(=S)[nH]c2cc(Cl)ccc21. The predicted octanol–water partition coefficient (Wildman–Crippen LogP) is 5.38. The number of halogens is 4. The summed E-state index contributed by atoms with van der Waals surface area (Å²) < 4.78 is 30.0. The van der Waals surface area contributed by atoms with Gasteiger partial charge in [0.15, 0.2) is 16.4 Å². The Morgan fingerprint density at radius 1 is 1.15 bits per heavy atom. The van der Waals surface area contributed by atoms with Crippen molar-refractivity contribution >= 4 is 50.8 Å². The molecule has 0 bridgehead atoms. The highest BCUT2D eigenvalue weighted by molar-refractivity contribution is 9.10. The summed E-state index contributed by atoms with van der Waals surface area (Å²) in [7, 11) is 0. The highest BCUT2D eigenvalue weighted by Crippen LogP contribution is 2.28. The quantitative estimate of drug-likeness (QED) is 0.566. The van der Waals surface area contributed by atoms with Gasteiger partial charge in [-0.3, -0.25) is 4.57 Å². The standard InChI is InChI=1S/C13H6BrClF2N2S/c14-6-3-8(16)12(9(17)4-6)19-11-2-1-7(15)5-10(11)18-13(19)20/h1-5H,(H,18,20). The summed E-state index contributed by atoms with van der Waals surface area (Å²) in [6, 6.07) is 7.32. The Hall–Kier alpha value is -1.24. The number of hydrogen-bond donors (Lipinski definition) is 1. The van der Waals surface area contributed by atoms with E-state index in [1.807, 2.05) is 0 Å². The zero-order valence-electron chi connectivity index (χ0n) is 9.75. The molecule has 3 aromatic rings. The number of aromatic nitrogens is 2. The van der Waals surface area contributed by atoms with Gasteiger partial charge in [-0.15, -0.1) is 0 Å². The maximum atomic E-state index is 14.1. The molecule has 0 aliphatic heterocycles. The molecule has 0 unspecified atom stereocenters. The predicted molar refractivity (Wildman–Crippen MR) is 81.1 cm³/mol. The molecule has 3 rings (SSSR count). The second-order valence-electron chi connectivity index (χ2n) is 4.15. The van der Waals surface area contributed by atoms with Gasteiger partial charge in [0, 0.05) is 9.50 Å². The third kappa shape index (κ3) is 2.17. The number of nitrogens with one attached hydrogen (secondary N) is 1. The highest BCUT2D eigenvalue weighted by atomic mass is 79.9. The van der Waals surface area contributed by atoms with Crippen LogP contribution in [-0.4, -0.2) is 9.55 Å². The van der Waals surface area contributed by atoms with Crippen molar-refractivity contribution in [2.24, 2.45) is 0 Å². The fraction of sp³-hybridized carbons (Fsp3) is 0. The lowest BCUT2D eigenvalue weighted by atomic mass is 10.2. The molecule has 1 aromatic heterocycles. The molecule has 0 radical (unpaired) electrons. The smallest absolute Gasteiger partial charge is 0.182 e. The molecule has 1 heterocycles. The van der Waals surface area contributed by atoms with Gasteiger partial charge >= 0.3 is 0 Å². The van der Waals surface area contributed by atoms with E-state index in [1.165, 1.54) is 16.7 Å². The van der Waals surface area contributed by atoms with Gasteiger partial charge in [0.25, 0.3) is 0 Å². The van der Waals surface area contributed by atoms with Crippen molar-refractivity contribution < 1.29 is 8.78 Å². The molecule has 0 fully saturated rings. The van der Waals surface area contributed by atoms with E-state index < -0.39 is 11.6 Å². The van der Waals surface area contributed by atoms with Crippen LogP contribution < -0.4 is 0 Å². The first-order chi connectivity index (χ1) is 9.47. The number of rotatable bonds is 1.